The fourth-order valence-electron chi connectivity index (χ4n) is 6.31. The van der Waals surface area contributed by atoms with Crippen LogP contribution in [0.25, 0.3) is 0 Å². The fourth-order valence-corrected chi connectivity index (χ4v) is 6.31. The molecule has 1 amide bonds. The molecule has 1 spiro atoms. The maximum Gasteiger partial charge on any atom is 0.250 e. The van der Waals surface area contributed by atoms with Gasteiger partial charge in [0.2, 0.25) is 5.91 Å². The van der Waals surface area contributed by atoms with Crippen molar-refractivity contribution < 1.29 is 4.79 Å². The molecule has 1 aliphatic carbocycles. The second-order valence-electron chi connectivity index (χ2n) is 9.50. The predicted octanol–water partition coefficient (Wildman–Crippen LogP) is 4.87. The molecule has 1 saturated carbocycles. The summed E-state index contributed by atoms with van der Waals surface area (Å²) in [7, 11) is 0. The summed E-state index contributed by atoms with van der Waals surface area (Å²) in [6.07, 6.45) is 7.08. The quantitative estimate of drug-likeness (QED) is 0.710. The van der Waals surface area contributed by atoms with Crippen LogP contribution >= 0.6 is 0 Å². The van der Waals surface area contributed by atoms with Gasteiger partial charge < -0.3 is 9.80 Å². The summed E-state index contributed by atoms with van der Waals surface area (Å²) in [4.78, 5) is 20.7. The Kier molecular flexibility index (Phi) is 5.75. The lowest BCUT2D eigenvalue weighted by molar-refractivity contribution is -0.133. The van der Waals surface area contributed by atoms with Crippen molar-refractivity contribution in [1.29, 1.82) is 0 Å². The molecule has 2 saturated heterocycles. The van der Waals surface area contributed by atoms with Crippen LogP contribution in [0.2, 0.25) is 0 Å². The number of hydrogen-bond donors (Lipinski definition) is 0. The monoisotopic (exact) mass is 417 g/mol. The van der Waals surface area contributed by atoms with Gasteiger partial charge in [0, 0.05) is 31.4 Å². The molecule has 3 fully saturated rings. The zero-order chi connectivity index (χ0) is 21.3. The summed E-state index contributed by atoms with van der Waals surface area (Å²) in [6, 6.07) is 22.3. The van der Waals surface area contributed by atoms with Crippen LogP contribution in [0, 0.1) is 0 Å². The number of piperidine rings is 1. The fraction of sp³-hybridized carbons (Fsp3) is 0.519. The normalized spacial score (nSPS) is 26.5. The first-order valence-corrected chi connectivity index (χ1v) is 12.1. The molecule has 31 heavy (non-hydrogen) atoms. The molecule has 3 aliphatic rings. The van der Waals surface area contributed by atoms with E-state index >= 15 is 0 Å². The molecule has 5 rings (SSSR count). The van der Waals surface area contributed by atoms with Crippen molar-refractivity contribution in [2.75, 3.05) is 31.2 Å². The van der Waals surface area contributed by atoms with Crippen molar-refractivity contribution in [2.24, 2.45) is 0 Å². The molecule has 4 nitrogen and oxygen atoms in total. The second kappa shape index (κ2) is 8.66. The van der Waals surface area contributed by atoms with Crippen LogP contribution < -0.4 is 4.90 Å². The van der Waals surface area contributed by atoms with Crippen LogP contribution in [-0.4, -0.2) is 53.6 Å². The van der Waals surface area contributed by atoms with Crippen molar-refractivity contribution in [3.63, 3.8) is 0 Å². The molecule has 2 aliphatic heterocycles. The first-order valence-electron chi connectivity index (χ1n) is 12.1. The molecule has 2 heterocycles. The highest BCUT2D eigenvalue weighted by atomic mass is 16.2. The van der Waals surface area contributed by atoms with E-state index in [1.807, 2.05) is 4.90 Å². The van der Waals surface area contributed by atoms with Crippen molar-refractivity contribution in [2.45, 2.75) is 62.9 Å². The van der Waals surface area contributed by atoms with Gasteiger partial charge in [-0.2, -0.15) is 0 Å². The van der Waals surface area contributed by atoms with Gasteiger partial charge in [0.15, 0.2) is 0 Å². The average molecular weight is 418 g/mol. The summed E-state index contributed by atoms with van der Waals surface area (Å²) >= 11 is 0. The highest BCUT2D eigenvalue weighted by molar-refractivity contribution is 5.93. The van der Waals surface area contributed by atoms with E-state index in [4.69, 9.17) is 0 Å². The number of carbonyl (C=O) groups is 1. The number of para-hydroxylation sites is 1. The van der Waals surface area contributed by atoms with E-state index in [0.717, 1.165) is 39.1 Å². The Hall–Kier alpha value is -2.33. The molecule has 2 aromatic rings. The van der Waals surface area contributed by atoms with E-state index in [-0.39, 0.29) is 5.54 Å². The van der Waals surface area contributed by atoms with Crippen LogP contribution in [-0.2, 0) is 4.79 Å². The van der Waals surface area contributed by atoms with Crippen LogP contribution in [0.3, 0.4) is 0 Å². The van der Waals surface area contributed by atoms with Gasteiger partial charge in [0.05, 0.1) is 6.67 Å². The smallest absolute Gasteiger partial charge is 0.250 e. The highest BCUT2D eigenvalue weighted by Crippen LogP contribution is 2.42. The van der Waals surface area contributed by atoms with Crippen LogP contribution in [0.5, 0.6) is 0 Å². The summed E-state index contributed by atoms with van der Waals surface area (Å²) in [5.74, 6) is 0.961. The Morgan fingerprint density at radius 2 is 1.55 bits per heavy atom. The van der Waals surface area contributed by atoms with Crippen LogP contribution in [0.15, 0.2) is 60.7 Å². The Morgan fingerprint density at radius 1 is 0.903 bits per heavy atom. The number of anilines is 1. The third-order valence-electron chi connectivity index (χ3n) is 8.02. The van der Waals surface area contributed by atoms with Gasteiger partial charge in [0.25, 0.3) is 0 Å². The maximum atomic E-state index is 13.5. The maximum absolute atomic E-state index is 13.5. The molecule has 0 aromatic heterocycles. The number of amides is 1. The molecule has 164 valence electrons. The Balaban J connectivity index is 1.37. The van der Waals surface area contributed by atoms with Crippen LogP contribution in [0.1, 0.15) is 56.9 Å². The van der Waals surface area contributed by atoms with Crippen LogP contribution in [0.4, 0.5) is 5.69 Å². The van der Waals surface area contributed by atoms with E-state index in [2.05, 4.69) is 77.4 Å². The molecule has 0 N–H and O–H groups in total. The predicted molar refractivity (Wildman–Crippen MR) is 126 cm³/mol. The standard InChI is InChI=1S/C27H35N3O/c1-2-28-21-30(23-13-7-4-8-14-23)27(26(28)31)17-19-29(20-18-27)25-16-10-9-15-24(25)22-11-5-3-6-12-22/h3-8,11-14,24-25H,2,9-10,15-21H2,1H3/t24-,25-/m1/s1. The van der Waals surface area contributed by atoms with Gasteiger partial charge in [-0.05, 0) is 56.2 Å². The third kappa shape index (κ3) is 3.65. The van der Waals surface area contributed by atoms with E-state index in [1.54, 1.807) is 0 Å². The number of likely N-dealkylation sites (N-methyl/N-ethyl adjacent to an activating group) is 1. The number of carbonyl (C=O) groups excluding carboxylic acids is 1. The zero-order valence-electron chi connectivity index (χ0n) is 18.7. The third-order valence-corrected chi connectivity index (χ3v) is 8.02. The largest absolute Gasteiger partial charge is 0.339 e. The van der Waals surface area contributed by atoms with E-state index < -0.39 is 0 Å². The lowest BCUT2D eigenvalue weighted by Gasteiger charge is -2.48. The first kappa shape index (κ1) is 20.6. The van der Waals surface area contributed by atoms with Gasteiger partial charge in [0.1, 0.15) is 5.54 Å². The van der Waals surface area contributed by atoms with Gasteiger partial charge in [-0.25, -0.2) is 0 Å². The minimum absolute atomic E-state index is 0.335. The Morgan fingerprint density at radius 3 is 2.23 bits per heavy atom. The number of nitrogens with zero attached hydrogens (tertiary/aromatic N) is 3. The van der Waals surface area contributed by atoms with E-state index in [9.17, 15) is 4.79 Å². The zero-order valence-corrected chi connectivity index (χ0v) is 18.7. The van der Waals surface area contributed by atoms with Gasteiger partial charge in [-0.1, -0.05) is 61.4 Å². The lowest BCUT2D eigenvalue weighted by Crippen LogP contribution is -2.58. The number of likely N-dealkylation sites (tertiary alicyclic amines) is 1. The molecular formula is C27H35N3O. The molecular weight excluding hydrogens is 382 g/mol. The minimum atomic E-state index is -0.370. The van der Waals surface area contributed by atoms with E-state index in [0.29, 0.717) is 17.9 Å². The number of hydrogen-bond acceptors (Lipinski definition) is 3. The SMILES string of the molecule is CCN1CN(c2ccccc2)C2(CCN([C@@H]3CCCC[C@@H]3c3ccccc3)CC2)C1=O. The Bertz CT molecular complexity index is 876. The minimum Gasteiger partial charge on any atom is -0.339 e. The van der Waals surface area contributed by atoms with Gasteiger partial charge in [-0.15, -0.1) is 0 Å². The summed E-state index contributed by atoms with van der Waals surface area (Å²) < 4.78 is 0. The van der Waals surface area contributed by atoms with E-state index in [1.165, 1.54) is 36.9 Å². The summed E-state index contributed by atoms with van der Waals surface area (Å²) in [5.41, 5.74) is 2.30. The van der Waals surface area contributed by atoms with Crippen molar-refractivity contribution >= 4 is 11.6 Å². The topological polar surface area (TPSA) is 26.8 Å². The number of rotatable bonds is 4. The molecule has 0 radical (unpaired) electrons. The Labute approximate surface area is 186 Å². The lowest BCUT2D eigenvalue weighted by atomic mass is 9.77. The van der Waals surface area contributed by atoms with Crippen molar-refractivity contribution in [3.8, 4) is 0 Å². The molecule has 2 atom stereocenters. The number of benzene rings is 2. The first-order chi connectivity index (χ1) is 15.2. The highest BCUT2D eigenvalue weighted by Gasteiger charge is 2.54. The van der Waals surface area contributed by atoms with Gasteiger partial charge >= 0.3 is 0 Å². The summed E-state index contributed by atoms with van der Waals surface area (Å²) in [5, 5.41) is 0. The molecule has 0 bridgehead atoms. The second-order valence-corrected chi connectivity index (χ2v) is 9.50. The molecule has 4 heteroatoms. The van der Waals surface area contributed by atoms with Gasteiger partial charge in [-0.3, -0.25) is 9.69 Å². The average Bonchev–Trinajstić information content (AvgIpc) is 3.12. The summed E-state index contributed by atoms with van der Waals surface area (Å²) in [6.45, 7) is 5.63. The molecule has 2 aromatic carbocycles. The van der Waals surface area contributed by atoms with Crippen molar-refractivity contribution in [3.05, 3.63) is 66.2 Å². The molecule has 0 unspecified atom stereocenters. The van der Waals surface area contributed by atoms with Crippen molar-refractivity contribution in [1.82, 2.24) is 9.80 Å².